The maximum atomic E-state index is 12.7. The highest BCUT2D eigenvalue weighted by Gasteiger charge is 2.23. The number of hydrogen-bond acceptors (Lipinski definition) is 3. The molecule has 0 unspecified atom stereocenters. The zero-order valence-corrected chi connectivity index (χ0v) is 15.6. The van der Waals surface area contributed by atoms with Gasteiger partial charge in [-0.05, 0) is 43.1 Å². The van der Waals surface area contributed by atoms with Gasteiger partial charge >= 0.3 is 0 Å². The lowest BCUT2D eigenvalue weighted by atomic mass is 10.1. The summed E-state index contributed by atoms with van der Waals surface area (Å²) in [6, 6.07) is 9.21. The summed E-state index contributed by atoms with van der Waals surface area (Å²) >= 11 is 6.02. The molecule has 2 aromatic rings. The van der Waals surface area contributed by atoms with E-state index in [0.29, 0.717) is 10.7 Å². The van der Waals surface area contributed by atoms with Gasteiger partial charge in [-0.25, -0.2) is 4.68 Å². The average molecular weight is 361 g/mol. The van der Waals surface area contributed by atoms with E-state index in [4.69, 9.17) is 11.6 Å². The first-order valence-electron chi connectivity index (χ1n) is 8.86. The van der Waals surface area contributed by atoms with Gasteiger partial charge in [-0.3, -0.25) is 9.69 Å². The number of halogens is 1. The molecule has 0 radical (unpaired) electrons. The Morgan fingerprint density at radius 1 is 1.20 bits per heavy atom. The van der Waals surface area contributed by atoms with Crippen molar-refractivity contribution < 1.29 is 4.79 Å². The third kappa shape index (κ3) is 4.61. The molecule has 1 amide bonds. The van der Waals surface area contributed by atoms with Crippen molar-refractivity contribution in [2.75, 3.05) is 32.7 Å². The van der Waals surface area contributed by atoms with Crippen LogP contribution in [0.15, 0.2) is 36.5 Å². The Balaban J connectivity index is 1.59. The number of rotatable bonds is 5. The summed E-state index contributed by atoms with van der Waals surface area (Å²) in [5.74, 6) is 0.722. The van der Waals surface area contributed by atoms with Crippen LogP contribution in [0.4, 0.5) is 0 Å². The first kappa shape index (κ1) is 18.0. The van der Waals surface area contributed by atoms with Crippen LogP contribution < -0.4 is 0 Å². The Morgan fingerprint density at radius 2 is 1.96 bits per heavy atom. The minimum Gasteiger partial charge on any atom is -0.335 e. The molecule has 134 valence electrons. The highest BCUT2D eigenvalue weighted by molar-refractivity contribution is 6.30. The highest BCUT2D eigenvalue weighted by Crippen LogP contribution is 2.15. The summed E-state index contributed by atoms with van der Waals surface area (Å²) in [7, 11) is 0. The van der Waals surface area contributed by atoms with Crippen molar-refractivity contribution >= 4 is 17.5 Å². The molecule has 6 heteroatoms. The van der Waals surface area contributed by atoms with Crippen LogP contribution in [-0.2, 0) is 0 Å². The van der Waals surface area contributed by atoms with Gasteiger partial charge in [0.15, 0.2) is 5.69 Å². The summed E-state index contributed by atoms with van der Waals surface area (Å²) < 4.78 is 1.69. The van der Waals surface area contributed by atoms with Crippen LogP contribution in [0.5, 0.6) is 0 Å². The fourth-order valence-corrected chi connectivity index (χ4v) is 3.16. The van der Waals surface area contributed by atoms with Gasteiger partial charge < -0.3 is 4.90 Å². The Labute approximate surface area is 154 Å². The number of piperazine rings is 1. The third-order valence-corrected chi connectivity index (χ3v) is 4.80. The van der Waals surface area contributed by atoms with Crippen LogP contribution in [0.25, 0.3) is 5.69 Å². The van der Waals surface area contributed by atoms with Crippen LogP contribution >= 0.6 is 11.6 Å². The van der Waals surface area contributed by atoms with Crippen LogP contribution in [0.3, 0.4) is 0 Å². The molecule has 0 bridgehead atoms. The second-order valence-electron chi connectivity index (χ2n) is 6.94. The average Bonchev–Trinajstić information content (AvgIpc) is 3.10. The van der Waals surface area contributed by atoms with Gasteiger partial charge in [0.2, 0.25) is 0 Å². The topological polar surface area (TPSA) is 41.4 Å². The number of benzene rings is 1. The maximum Gasteiger partial charge on any atom is 0.274 e. The minimum absolute atomic E-state index is 0.00397. The second kappa shape index (κ2) is 8.02. The standard InChI is InChI=1S/C19H25ClN4O/c1-15(2)6-8-22-10-12-23(13-11-22)19(25)18-7-9-24(21-18)17-5-3-4-16(20)14-17/h3-5,7,9,14-15H,6,8,10-13H2,1-2H3. The van der Waals surface area contributed by atoms with E-state index < -0.39 is 0 Å². The largest absolute Gasteiger partial charge is 0.335 e. The van der Waals surface area contributed by atoms with Gasteiger partial charge in [0.1, 0.15) is 0 Å². The molecule has 1 aliphatic heterocycles. The first-order valence-corrected chi connectivity index (χ1v) is 9.24. The van der Waals surface area contributed by atoms with Gasteiger partial charge in [-0.1, -0.05) is 31.5 Å². The zero-order chi connectivity index (χ0) is 17.8. The van der Waals surface area contributed by atoms with Gasteiger partial charge in [0.25, 0.3) is 5.91 Å². The first-order chi connectivity index (χ1) is 12.0. The molecular formula is C19H25ClN4O. The Morgan fingerprint density at radius 3 is 2.64 bits per heavy atom. The van der Waals surface area contributed by atoms with E-state index in [0.717, 1.165) is 44.3 Å². The van der Waals surface area contributed by atoms with Crippen molar-refractivity contribution in [1.82, 2.24) is 19.6 Å². The lowest BCUT2D eigenvalue weighted by Gasteiger charge is -2.34. The Bertz CT molecular complexity index is 720. The molecule has 2 heterocycles. The summed E-state index contributed by atoms with van der Waals surface area (Å²) in [6.07, 6.45) is 3.01. The SMILES string of the molecule is CC(C)CCN1CCN(C(=O)c2ccn(-c3cccc(Cl)c3)n2)CC1. The van der Waals surface area contributed by atoms with Gasteiger partial charge in [-0.15, -0.1) is 0 Å². The van der Waals surface area contributed by atoms with Crippen molar-refractivity contribution in [3.05, 3.63) is 47.2 Å². The molecule has 0 N–H and O–H groups in total. The molecule has 1 fully saturated rings. The number of aromatic nitrogens is 2. The van der Waals surface area contributed by atoms with E-state index in [1.807, 2.05) is 29.2 Å². The fourth-order valence-electron chi connectivity index (χ4n) is 2.98. The van der Waals surface area contributed by atoms with Gasteiger partial charge in [-0.2, -0.15) is 5.10 Å². The lowest BCUT2D eigenvalue weighted by Crippen LogP contribution is -2.49. The summed E-state index contributed by atoms with van der Waals surface area (Å²) in [5, 5.41) is 5.08. The molecular weight excluding hydrogens is 336 g/mol. The molecule has 1 aromatic carbocycles. The summed E-state index contributed by atoms with van der Waals surface area (Å²) in [4.78, 5) is 17.0. The maximum absolute atomic E-state index is 12.7. The van der Waals surface area contributed by atoms with Crippen molar-refractivity contribution in [2.24, 2.45) is 5.92 Å². The molecule has 1 aromatic heterocycles. The van der Waals surface area contributed by atoms with E-state index in [9.17, 15) is 4.79 Å². The van der Waals surface area contributed by atoms with Crippen LogP contribution in [-0.4, -0.2) is 58.2 Å². The van der Waals surface area contributed by atoms with E-state index >= 15 is 0 Å². The van der Waals surface area contributed by atoms with E-state index in [-0.39, 0.29) is 5.91 Å². The normalized spacial score (nSPS) is 15.8. The van der Waals surface area contributed by atoms with Crippen molar-refractivity contribution in [2.45, 2.75) is 20.3 Å². The van der Waals surface area contributed by atoms with Crippen molar-refractivity contribution in [1.29, 1.82) is 0 Å². The predicted octanol–water partition coefficient (Wildman–Crippen LogP) is 3.33. The summed E-state index contributed by atoms with van der Waals surface area (Å²) in [5.41, 5.74) is 1.33. The quantitative estimate of drug-likeness (QED) is 0.821. The second-order valence-corrected chi connectivity index (χ2v) is 7.38. The van der Waals surface area contributed by atoms with Crippen LogP contribution in [0, 0.1) is 5.92 Å². The molecule has 1 saturated heterocycles. The van der Waals surface area contributed by atoms with Crippen LogP contribution in [0.2, 0.25) is 5.02 Å². The number of hydrogen-bond donors (Lipinski definition) is 0. The van der Waals surface area contributed by atoms with Gasteiger partial charge in [0.05, 0.1) is 5.69 Å². The molecule has 3 rings (SSSR count). The summed E-state index contributed by atoms with van der Waals surface area (Å²) in [6.45, 7) is 9.01. The number of carbonyl (C=O) groups excluding carboxylic acids is 1. The van der Waals surface area contributed by atoms with Crippen LogP contribution in [0.1, 0.15) is 30.8 Å². The molecule has 0 spiro atoms. The van der Waals surface area contributed by atoms with E-state index in [1.54, 1.807) is 16.9 Å². The highest BCUT2D eigenvalue weighted by atomic mass is 35.5. The Hall–Kier alpha value is -1.85. The van der Waals surface area contributed by atoms with Crippen molar-refractivity contribution in [3.63, 3.8) is 0 Å². The smallest absolute Gasteiger partial charge is 0.274 e. The lowest BCUT2D eigenvalue weighted by molar-refractivity contribution is 0.0625. The molecule has 1 aliphatic rings. The monoisotopic (exact) mass is 360 g/mol. The van der Waals surface area contributed by atoms with E-state index in [1.165, 1.54) is 6.42 Å². The number of carbonyl (C=O) groups is 1. The van der Waals surface area contributed by atoms with Crippen molar-refractivity contribution in [3.8, 4) is 5.69 Å². The molecule has 0 aliphatic carbocycles. The molecule has 0 saturated carbocycles. The molecule has 0 atom stereocenters. The van der Waals surface area contributed by atoms with E-state index in [2.05, 4.69) is 23.8 Å². The number of amides is 1. The molecule has 5 nitrogen and oxygen atoms in total. The minimum atomic E-state index is 0.00397. The zero-order valence-electron chi connectivity index (χ0n) is 14.9. The fraction of sp³-hybridized carbons (Fsp3) is 0.474. The molecule has 25 heavy (non-hydrogen) atoms. The van der Waals surface area contributed by atoms with Gasteiger partial charge in [0, 0.05) is 37.4 Å². The predicted molar refractivity (Wildman–Crippen MR) is 100 cm³/mol. The third-order valence-electron chi connectivity index (χ3n) is 4.56. The Kier molecular flexibility index (Phi) is 5.76. The number of nitrogens with zero attached hydrogens (tertiary/aromatic N) is 4.